The molecule has 0 radical (unpaired) electrons. The minimum absolute atomic E-state index is 0.172. The average Bonchev–Trinajstić information content (AvgIpc) is 2.85. The van der Waals surface area contributed by atoms with Crippen LogP contribution >= 0.6 is 8.65 Å². The van der Waals surface area contributed by atoms with Gasteiger partial charge in [0.15, 0.2) is 0 Å². The van der Waals surface area contributed by atoms with Crippen LogP contribution in [0, 0.1) is 0 Å². The molecule has 2 aliphatic heterocycles. The quantitative estimate of drug-likeness (QED) is 0.452. The number of carbonyl (C=O) groups excluding carboxylic acids is 1. The summed E-state index contributed by atoms with van der Waals surface area (Å²) in [5.74, 6) is 0.764. The maximum Gasteiger partial charge on any atom is 0.348 e. The van der Waals surface area contributed by atoms with E-state index in [0.717, 1.165) is 16.2 Å². The van der Waals surface area contributed by atoms with E-state index in [9.17, 15) is 4.79 Å². The number of benzene rings is 3. The van der Waals surface area contributed by atoms with Crippen molar-refractivity contribution < 1.29 is 8.98 Å². The average molecular weight is 325 g/mol. The number of carbonyl (C=O) groups is 1. The van der Waals surface area contributed by atoms with E-state index < -0.39 is 8.65 Å². The zero-order valence-electron chi connectivity index (χ0n) is 11.7. The molecular weight excluding hydrogens is 312 g/mol. The van der Waals surface area contributed by atoms with Crippen LogP contribution in [0.5, 0.6) is 0 Å². The Bertz CT molecular complexity index is 1090. The van der Waals surface area contributed by atoms with Crippen molar-refractivity contribution in [1.29, 1.82) is 0 Å². The molecular formula is C18H13O2S2-. The van der Waals surface area contributed by atoms with Gasteiger partial charge in [-0.1, -0.05) is 48.0 Å². The highest BCUT2D eigenvalue weighted by atomic mass is 32.7. The van der Waals surface area contributed by atoms with E-state index in [1.165, 1.54) is 31.3 Å². The molecule has 0 saturated heterocycles. The van der Waals surface area contributed by atoms with Crippen molar-refractivity contribution in [3.05, 3.63) is 71.8 Å². The van der Waals surface area contributed by atoms with Crippen molar-refractivity contribution in [2.75, 3.05) is 0 Å². The molecule has 1 spiro atoms. The molecule has 0 saturated carbocycles. The lowest BCUT2D eigenvalue weighted by atomic mass is 10.1. The number of thiol groups is 1. The number of hydrogen-bond donors (Lipinski definition) is 0. The maximum absolute atomic E-state index is 12.4. The Labute approximate surface area is 132 Å². The van der Waals surface area contributed by atoms with Gasteiger partial charge in [0.05, 0.1) is 5.56 Å². The van der Waals surface area contributed by atoms with Crippen LogP contribution in [0.2, 0.25) is 0 Å². The van der Waals surface area contributed by atoms with Crippen molar-refractivity contribution in [1.82, 2.24) is 0 Å². The summed E-state index contributed by atoms with van der Waals surface area (Å²) < 4.78 is 6.04. The molecule has 4 heteroatoms. The monoisotopic (exact) mass is 325 g/mol. The summed E-state index contributed by atoms with van der Waals surface area (Å²) in [6.07, 6.45) is 0. The molecule has 0 amide bonds. The first-order valence-corrected chi connectivity index (χ1v) is 10.4. The van der Waals surface area contributed by atoms with Crippen LogP contribution in [0.15, 0.2) is 70.5 Å². The van der Waals surface area contributed by atoms with Crippen LogP contribution in [0.4, 0.5) is 0 Å². The van der Waals surface area contributed by atoms with Crippen LogP contribution in [0.25, 0.3) is 10.8 Å². The highest BCUT2D eigenvalue weighted by Crippen LogP contribution is 2.61. The maximum atomic E-state index is 12.4. The molecule has 0 N–H and O–H groups in total. The fourth-order valence-corrected chi connectivity index (χ4v) is 9.54. The summed E-state index contributed by atoms with van der Waals surface area (Å²) in [5, 5.41) is 2.51. The van der Waals surface area contributed by atoms with Gasteiger partial charge in [0.1, 0.15) is 0 Å². The predicted molar refractivity (Wildman–Crippen MR) is 92.4 cm³/mol. The second kappa shape index (κ2) is 4.31. The molecule has 0 aromatic heterocycles. The van der Waals surface area contributed by atoms with E-state index in [4.69, 9.17) is 4.18 Å². The minimum Gasteiger partial charge on any atom is -0.440 e. The SMILES string of the molecule is O=C1OS2(#[SH-]Cc3cccc4cccc2c34)c2ccccc21. The number of fused-ring (bicyclic) bond motifs is 3. The standard InChI is InChI=1S/C18H13O2S2/c19-18-14-8-1-2-9-15(14)22(20-18)16-10-4-6-12-5-3-7-13(11-21-22)17(12)16/h1-10,21H,11H2/q-1. The number of hydrogen-bond acceptors (Lipinski definition) is 3. The summed E-state index contributed by atoms with van der Waals surface area (Å²) in [5.41, 5.74) is 2.09. The molecule has 1 atom stereocenters. The summed E-state index contributed by atoms with van der Waals surface area (Å²) >= 11 is 0. The van der Waals surface area contributed by atoms with Gasteiger partial charge in [-0.05, 0) is 29.0 Å². The van der Waals surface area contributed by atoms with Crippen LogP contribution in [-0.4, -0.2) is 5.97 Å². The van der Waals surface area contributed by atoms with Gasteiger partial charge >= 0.3 is 5.97 Å². The lowest BCUT2D eigenvalue weighted by Gasteiger charge is -2.33. The van der Waals surface area contributed by atoms with Crippen LogP contribution in [0.1, 0.15) is 15.9 Å². The van der Waals surface area contributed by atoms with Gasteiger partial charge in [-0.2, -0.15) is 0 Å². The van der Waals surface area contributed by atoms with Crippen molar-refractivity contribution in [2.24, 2.45) is 0 Å². The van der Waals surface area contributed by atoms with Crippen molar-refractivity contribution in [2.45, 2.75) is 15.5 Å². The summed E-state index contributed by atoms with van der Waals surface area (Å²) in [7, 11) is -0.525. The summed E-state index contributed by atoms with van der Waals surface area (Å²) in [4.78, 5) is 14.7. The van der Waals surface area contributed by atoms with E-state index in [2.05, 4.69) is 42.5 Å². The van der Waals surface area contributed by atoms with Crippen molar-refractivity contribution >= 4 is 35.5 Å². The Kier molecular flexibility index (Phi) is 2.47. The van der Waals surface area contributed by atoms with E-state index in [0.29, 0.717) is 0 Å². The van der Waals surface area contributed by atoms with Gasteiger partial charge in [0.2, 0.25) is 0 Å². The highest BCUT2D eigenvalue weighted by Gasteiger charge is 2.32. The smallest absolute Gasteiger partial charge is 0.348 e. The first-order chi connectivity index (χ1) is 10.8. The zero-order chi connectivity index (χ0) is 14.7. The van der Waals surface area contributed by atoms with Gasteiger partial charge in [0.25, 0.3) is 0 Å². The van der Waals surface area contributed by atoms with E-state index in [1.807, 2.05) is 18.2 Å². The second-order valence-electron chi connectivity index (χ2n) is 5.45. The highest BCUT2D eigenvalue weighted by molar-refractivity contribution is 8.46. The summed E-state index contributed by atoms with van der Waals surface area (Å²) in [6.45, 7) is 0. The molecule has 22 heavy (non-hydrogen) atoms. The second-order valence-corrected chi connectivity index (χ2v) is 10.4. The minimum atomic E-state index is -1.71. The first-order valence-electron chi connectivity index (χ1n) is 7.15. The lowest BCUT2D eigenvalue weighted by molar-refractivity contribution is 0.0775. The largest absolute Gasteiger partial charge is 0.440 e. The molecule has 2 nitrogen and oxygen atoms in total. The normalized spacial score (nSPS) is 21.9. The van der Waals surface area contributed by atoms with Crippen LogP contribution < -0.4 is 0 Å². The Hall–Kier alpha value is -1.91. The number of rotatable bonds is 0. The first kappa shape index (κ1) is 12.6. The Morgan fingerprint density at radius 2 is 1.68 bits per heavy atom. The molecule has 0 fully saturated rings. The molecule has 0 bridgehead atoms. The van der Waals surface area contributed by atoms with E-state index in [1.54, 1.807) is 0 Å². The molecule has 5 rings (SSSR count). The molecule has 0 aliphatic carbocycles. The Morgan fingerprint density at radius 3 is 2.59 bits per heavy atom. The molecule has 3 aromatic carbocycles. The Morgan fingerprint density at radius 1 is 0.909 bits per heavy atom. The fraction of sp³-hybridized carbons (Fsp3) is 0.0556. The molecule has 110 valence electrons. The van der Waals surface area contributed by atoms with E-state index in [-0.39, 0.29) is 5.97 Å². The molecule has 2 heterocycles. The third-order valence-corrected chi connectivity index (χ3v) is 10.3. The molecule has 2 aliphatic rings. The van der Waals surface area contributed by atoms with Gasteiger partial charge in [0, 0.05) is 9.79 Å². The van der Waals surface area contributed by atoms with Gasteiger partial charge in [-0.3, -0.25) is 0 Å². The lowest BCUT2D eigenvalue weighted by Crippen LogP contribution is -2.00. The van der Waals surface area contributed by atoms with Gasteiger partial charge in [-0.25, -0.2) is 4.79 Å². The molecule has 3 aromatic rings. The predicted octanol–water partition coefficient (Wildman–Crippen LogP) is 4.39. The van der Waals surface area contributed by atoms with Crippen molar-refractivity contribution in [3.63, 3.8) is 0 Å². The van der Waals surface area contributed by atoms with Gasteiger partial charge in [-0.15, -0.1) is 14.4 Å². The molecule has 1 unspecified atom stereocenters. The fourth-order valence-electron chi connectivity index (χ4n) is 3.31. The van der Waals surface area contributed by atoms with Crippen LogP contribution in [-0.2, 0) is 20.0 Å². The third kappa shape index (κ3) is 1.46. The Balaban J connectivity index is 1.95. The topological polar surface area (TPSA) is 26.3 Å². The zero-order valence-corrected chi connectivity index (χ0v) is 13.4. The van der Waals surface area contributed by atoms with Gasteiger partial charge < -0.3 is 14.3 Å². The van der Waals surface area contributed by atoms with Crippen LogP contribution in [0.3, 0.4) is 0 Å². The third-order valence-electron chi connectivity index (χ3n) is 4.27. The van der Waals surface area contributed by atoms with Crippen molar-refractivity contribution in [3.8, 4) is 0 Å². The van der Waals surface area contributed by atoms with E-state index >= 15 is 0 Å². The summed E-state index contributed by atoms with van der Waals surface area (Å²) in [6, 6.07) is 20.7.